The highest BCUT2D eigenvalue weighted by molar-refractivity contribution is 9.10. The molecule has 0 saturated carbocycles. The highest BCUT2D eigenvalue weighted by atomic mass is 79.9. The van der Waals surface area contributed by atoms with Gasteiger partial charge in [0.05, 0.1) is 19.1 Å². The molecule has 1 atom stereocenters. The van der Waals surface area contributed by atoms with E-state index in [0.717, 1.165) is 56.3 Å². The number of aromatic amines is 1. The monoisotopic (exact) mass is 701 g/mol. The number of H-pyrrole nitrogens is 1. The van der Waals surface area contributed by atoms with Gasteiger partial charge in [0, 0.05) is 34.0 Å². The van der Waals surface area contributed by atoms with E-state index >= 15 is 0 Å². The van der Waals surface area contributed by atoms with Gasteiger partial charge in [0.25, 0.3) is 5.91 Å². The Morgan fingerprint density at radius 3 is 2.54 bits per heavy atom. The number of rotatable bonds is 12. The summed E-state index contributed by atoms with van der Waals surface area (Å²) in [6.07, 6.45) is 5.66. The molecule has 2 aliphatic rings. The van der Waals surface area contributed by atoms with Gasteiger partial charge in [0.1, 0.15) is 17.6 Å². The number of fused-ring (bicyclic) bond motifs is 1. The minimum Gasteiger partial charge on any atom is -0.480 e. The van der Waals surface area contributed by atoms with Crippen LogP contribution in [0.5, 0.6) is 0 Å². The number of carbonyl (C=O) groups excluding carboxylic acids is 1. The Morgan fingerprint density at radius 2 is 1.83 bits per heavy atom. The molecule has 0 bridgehead atoms. The van der Waals surface area contributed by atoms with Gasteiger partial charge >= 0.3 is 5.97 Å². The molecule has 46 heavy (non-hydrogen) atoms. The molecule has 0 radical (unpaired) electrons. The lowest BCUT2D eigenvalue weighted by atomic mass is 9.97. The fourth-order valence-corrected chi connectivity index (χ4v) is 6.68. The van der Waals surface area contributed by atoms with Gasteiger partial charge < -0.3 is 19.4 Å². The molecule has 1 aliphatic carbocycles. The topological polar surface area (TPSA) is 152 Å². The molecule has 4 aromatic rings. The number of imidazole rings is 1. The van der Waals surface area contributed by atoms with Crippen molar-refractivity contribution in [1.29, 1.82) is 0 Å². The standard InChI is InChI=1S/C33H29BrClN7O4/c1-2-3-13-26-37-30(35)29(32(43)36-25(33(44)45)16-19-9-5-4-6-10-19)42(26)17-23-20-14-15-46-18-24(20)28(34)27(23)21-11-7-8-12-22(21)31-38-40-41-39-31/h4-12,14-15,18,25H,2-3,13,16-17H2,1H3,(H,36,43)(H,44,45)(H,38,39,40,41)/t25-/m0/s1. The molecule has 2 aromatic heterocycles. The molecule has 11 nitrogen and oxygen atoms in total. The largest absolute Gasteiger partial charge is 0.480 e. The minimum absolute atomic E-state index is 0.00567. The van der Waals surface area contributed by atoms with Gasteiger partial charge in [0.15, 0.2) is 5.15 Å². The van der Waals surface area contributed by atoms with E-state index in [9.17, 15) is 14.7 Å². The fraction of sp³-hybridized carbons (Fsp3) is 0.212. The van der Waals surface area contributed by atoms with Crippen LogP contribution in [-0.4, -0.2) is 53.2 Å². The second-order valence-electron chi connectivity index (χ2n) is 10.7. The maximum Gasteiger partial charge on any atom is 0.326 e. The number of carboxylic acids is 1. The molecule has 0 saturated heterocycles. The lowest BCUT2D eigenvalue weighted by Gasteiger charge is -2.18. The summed E-state index contributed by atoms with van der Waals surface area (Å²) in [5, 5.41) is 27.4. The van der Waals surface area contributed by atoms with Crippen molar-refractivity contribution in [1.82, 2.24) is 35.5 Å². The predicted octanol–water partition coefficient (Wildman–Crippen LogP) is 6.66. The molecular formula is C33H29BrClN7O4. The Bertz CT molecular complexity index is 1960. The number of unbranched alkanes of at least 4 members (excludes halogenated alkanes) is 1. The van der Waals surface area contributed by atoms with Gasteiger partial charge in [-0.3, -0.25) is 4.79 Å². The Kier molecular flexibility index (Phi) is 9.27. The van der Waals surface area contributed by atoms with E-state index in [2.05, 4.69) is 53.8 Å². The quantitative estimate of drug-likeness (QED) is 0.128. The summed E-state index contributed by atoms with van der Waals surface area (Å²) < 4.78 is 8.14. The minimum atomic E-state index is -1.18. The number of nitrogens with zero attached hydrogens (tertiary/aromatic N) is 5. The van der Waals surface area contributed by atoms with Gasteiger partial charge in [-0.15, -0.1) is 10.2 Å². The van der Waals surface area contributed by atoms with E-state index in [0.29, 0.717) is 18.1 Å². The van der Waals surface area contributed by atoms with E-state index < -0.39 is 17.9 Å². The molecule has 0 unspecified atom stereocenters. The number of carboxylic acid groups (broad SMARTS) is 1. The molecule has 2 aromatic carbocycles. The van der Waals surface area contributed by atoms with E-state index in [1.807, 2.05) is 60.7 Å². The van der Waals surface area contributed by atoms with Crippen LogP contribution in [0.15, 0.2) is 82.1 Å². The van der Waals surface area contributed by atoms with Crippen LogP contribution in [0, 0.1) is 0 Å². The molecule has 3 heterocycles. The smallest absolute Gasteiger partial charge is 0.326 e. The Balaban J connectivity index is 1.47. The number of halogens is 2. The molecular weight excluding hydrogens is 674 g/mol. The summed E-state index contributed by atoms with van der Waals surface area (Å²) >= 11 is 10.5. The van der Waals surface area contributed by atoms with Crippen molar-refractivity contribution >= 4 is 39.4 Å². The van der Waals surface area contributed by atoms with Crippen LogP contribution in [0.4, 0.5) is 0 Å². The summed E-state index contributed by atoms with van der Waals surface area (Å²) in [6, 6.07) is 17.5. The average Bonchev–Trinajstić information content (AvgIpc) is 3.78. The van der Waals surface area contributed by atoms with Crippen LogP contribution < -0.4 is 5.32 Å². The number of amides is 1. The van der Waals surface area contributed by atoms with Gasteiger partial charge in [-0.1, -0.05) is 79.5 Å². The third kappa shape index (κ3) is 6.18. The van der Waals surface area contributed by atoms with Crippen molar-refractivity contribution in [3.63, 3.8) is 0 Å². The van der Waals surface area contributed by atoms with Crippen LogP contribution in [0.1, 0.15) is 47.2 Å². The van der Waals surface area contributed by atoms with Crippen molar-refractivity contribution in [3.05, 3.63) is 105 Å². The Hall–Kier alpha value is -4.81. The molecule has 1 amide bonds. The first-order valence-corrected chi connectivity index (χ1v) is 15.9. The first-order valence-electron chi connectivity index (χ1n) is 14.7. The molecule has 0 fully saturated rings. The maximum absolute atomic E-state index is 13.9. The lowest BCUT2D eigenvalue weighted by molar-refractivity contribution is -0.139. The van der Waals surface area contributed by atoms with Crippen molar-refractivity contribution in [2.75, 3.05) is 0 Å². The zero-order chi connectivity index (χ0) is 32.2. The molecule has 3 N–H and O–H groups in total. The summed E-state index contributed by atoms with van der Waals surface area (Å²) in [7, 11) is 0. The Morgan fingerprint density at radius 1 is 1.07 bits per heavy atom. The van der Waals surface area contributed by atoms with E-state index in [-0.39, 0.29) is 23.8 Å². The fourth-order valence-electron chi connectivity index (χ4n) is 5.63. The lowest BCUT2D eigenvalue weighted by Crippen LogP contribution is -2.43. The van der Waals surface area contributed by atoms with Crippen LogP contribution in [0.3, 0.4) is 0 Å². The zero-order valence-corrected chi connectivity index (χ0v) is 27.0. The first-order chi connectivity index (χ1) is 22.4. The van der Waals surface area contributed by atoms with Crippen molar-refractivity contribution in [2.24, 2.45) is 0 Å². The van der Waals surface area contributed by atoms with Gasteiger partial charge in [-0.25, -0.2) is 9.78 Å². The molecule has 0 spiro atoms. The molecule has 234 valence electrons. The third-order valence-electron chi connectivity index (χ3n) is 7.83. The van der Waals surface area contributed by atoms with Gasteiger partial charge in [-0.2, -0.15) is 5.21 Å². The van der Waals surface area contributed by atoms with Crippen LogP contribution in [0.2, 0.25) is 5.15 Å². The van der Waals surface area contributed by atoms with Gasteiger partial charge in [-0.05, 0) is 55.9 Å². The zero-order valence-electron chi connectivity index (χ0n) is 24.7. The number of carbonyl (C=O) groups is 2. The van der Waals surface area contributed by atoms with E-state index in [1.54, 1.807) is 17.1 Å². The third-order valence-corrected chi connectivity index (χ3v) is 8.92. The average molecular weight is 703 g/mol. The number of aliphatic carboxylic acids is 1. The number of tetrazole rings is 1. The maximum atomic E-state index is 13.9. The highest BCUT2D eigenvalue weighted by Crippen LogP contribution is 2.48. The molecule has 13 heteroatoms. The van der Waals surface area contributed by atoms with E-state index in [1.165, 1.54) is 0 Å². The van der Waals surface area contributed by atoms with Crippen LogP contribution in [0.25, 0.3) is 33.6 Å². The van der Waals surface area contributed by atoms with Crippen molar-refractivity contribution in [2.45, 2.75) is 45.2 Å². The van der Waals surface area contributed by atoms with Gasteiger partial charge in [0.2, 0.25) is 5.82 Å². The summed E-state index contributed by atoms with van der Waals surface area (Å²) in [5.74, 6) is -0.728. The number of aryl methyl sites for hydroxylation is 1. The summed E-state index contributed by atoms with van der Waals surface area (Å²) in [5.41, 5.74) is 5.90. The van der Waals surface area contributed by atoms with Crippen LogP contribution in [-0.2, 0) is 24.2 Å². The second kappa shape index (κ2) is 13.7. The SMILES string of the molecule is CCCCc1nc(Cl)c(C(=O)N[C@@H](Cc2ccccc2)C(=O)O)n1Cc1c2ccocc-2c(Br)c1-c1ccccc1-c1nn[nH]n1. The molecule has 1 aliphatic heterocycles. The summed E-state index contributed by atoms with van der Waals surface area (Å²) in [6.45, 7) is 2.28. The number of benzene rings is 2. The predicted molar refractivity (Wildman–Crippen MR) is 176 cm³/mol. The first kappa shape index (κ1) is 31.2. The second-order valence-corrected chi connectivity index (χ2v) is 11.9. The van der Waals surface area contributed by atoms with Crippen molar-refractivity contribution in [3.8, 4) is 33.6 Å². The highest BCUT2D eigenvalue weighted by Gasteiger charge is 2.31. The van der Waals surface area contributed by atoms with Crippen molar-refractivity contribution < 1.29 is 19.1 Å². The van der Waals surface area contributed by atoms with Crippen LogP contribution >= 0.6 is 27.5 Å². The number of hydrogen-bond donors (Lipinski definition) is 3. The summed E-state index contributed by atoms with van der Waals surface area (Å²) in [4.78, 5) is 30.8. The molecule has 6 rings (SSSR count). The number of aromatic nitrogens is 6. The number of hydrogen-bond acceptors (Lipinski definition) is 7. The Labute approximate surface area is 277 Å². The van der Waals surface area contributed by atoms with E-state index in [4.69, 9.17) is 16.0 Å². The number of nitrogens with one attached hydrogen (secondary N) is 2. The normalized spacial score (nSPS) is 12.0.